The quantitative estimate of drug-likeness (QED) is 0.732. The van der Waals surface area contributed by atoms with Crippen molar-refractivity contribution in [2.75, 3.05) is 11.9 Å². The van der Waals surface area contributed by atoms with Gasteiger partial charge in [-0.1, -0.05) is 0 Å². The molecule has 0 bridgehead atoms. The molecule has 0 fully saturated rings. The molecule has 0 amide bonds. The Hall–Kier alpha value is -2.09. The molecule has 0 aliphatic carbocycles. The van der Waals surface area contributed by atoms with E-state index in [2.05, 4.69) is 10.3 Å². The highest BCUT2D eigenvalue weighted by molar-refractivity contribution is 5.98. The number of hydrogen-bond acceptors (Lipinski definition) is 4. The fourth-order valence-corrected chi connectivity index (χ4v) is 1.29. The van der Waals surface area contributed by atoms with Crippen molar-refractivity contribution < 1.29 is 9.59 Å². The Balaban J connectivity index is 2.68. The number of anilines is 1. The minimum absolute atomic E-state index is 0.0694. The number of aromatic amines is 1. The summed E-state index contributed by atoms with van der Waals surface area (Å²) in [6.45, 7) is 3.03. The van der Waals surface area contributed by atoms with Gasteiger partial charge in [-0.3, -0.25) is 9.59 Å². The Bertz CT molecular complexity index is 442. The number of ketones is 2. The molecule has 0 radical (unpaired) electrons. The number of H-pyrrole nitrogens is 1. The Kier molecular flexibility index (Phi) is 3.84. The fraction of sp³-hybridized carbons (Fsp3) is 0.364. The number of aromatic nitrogens is 1. The van der Waals surface area contributed by atoms with E-state index in [9.17, 15) is 9.59 Å². The number of Topliss-reactive ketones (excluding diaryl/α,β-unsaturated/α-hetero) is 2. The molecule has 16 heavy (non-hydrogen) atoms. The molecule has 1 unspecified atom stereocenters. The van der Waals surface area contributed by atoms with Crippen LogP contribution in [0, 0.1) is 17.2 Å². The number of nitrogens with one attached hydrogen (secondary N) is 2. The van der Waals surface area contributed by atoms with Gasteiger partial charge in [-0.15, -0.1) is 0 Å². The lowest BCUT2D eigenvalue weighted by atomic mass is 10.1. The van der Waals surface area contributed by atoms with Crippen molar-refractivity contribution in [3.8, 4) is 6.07 Å². The molecule has 84 valence electrons. The molecule has 0 spiro atoms. The summed E-state index contributed by atoms with van der Waals surface area (Å²) >= 11 is 0. The highest BCUT2D eigenvalue weighted by Crippen LogP contribution is 2.13. The minimum Gasteiger partial charge on any atom is -0.369 e. The van der Waals surface area contributed by atoms with Gasteiger partial charge >= 0.3 is 0 Å². The number of hydrogen-bond donors (Lipinski definition) is 2. The Morgan fingerprint density at radius 2 is 2.25 bits per heavy atom. The van der Waals surface area contributed by atoms with Crippen LogP contribution < -0.4 is 5.32 Å². The average Bonchev–Trinajstić information content (AvgIpc) is 2.66. The van der Waals surface area contributed by atoms with Gasteiger partial charge in [-0.25, -0.2) is 0 Å². The van der Waals surface area contributed by atoms with E-state index >= 15 is 0 Å². The molecule has 1 atom stereocenters. The third kappa shape index (κ3) is 2.70. The largest absolute Gasteiger partial charge is 0.369 e. The van der Waals surface area contributed by atoms with Crippen molar-refractivity contribution in [2.45, 2.75) is 13.8 Å². The SMILES string of the molecule is CC(=O)c1cc[nH]c1NCC(C#N)C(C)=O. The molecule has 1 aromatic heterocycles. The van der Waals surface area contributed by atoms with E-state index in [0.717, 1.165) is 0 Å². The highest BCUT2D eigenvalue weighted by Gasteiger charge is 2.14. The molecule has 0 aliphatic rings. The lowest BCUT2D eigenvalue weighted by molar-refractivity contribution is -0.118. The van der Waals surface area contributed by atoms with E-state index in [4.69, 9.17) is 5.26 Å². The third-order valence-corrected chi connectivity index (χ3v) is 2.26. The average molecular weight is 219 g/mol. The normalized spacial score (nSPS) is 11.6. The van der Waals surface area contributed by atoms with Crippen molar-refractivity contribution in [1.82, 2.24) is 4.98 Å². The molecule has 1 aromatic rings. The van der Waals surface area contributed by atoms with Gasteiger partial charge in [-0.2, -0.15) is 5.26 Å². The first-order chi connectivity index (χ1) is 7.56. The van der Waals surface area contributed by atoms with Crippen LogP contribution in [0.1, 0.15) is 24.2 Å². The van der Waals surface area contributed by atoms with Crippen LogP contribution in [0.3, 0.4) is 0 Å². The van der Waals surface area contributed by atoms with Crippen LogP contribution in [-0.4, -0.2) is 23.1 Å². The summed E-state index contributed by atoms with van der Waals surface area (Å²) in [5.41, 5.74) is 0.528. The van der Waals surface area contributed by atoms with Gasteiger partial charge in [-0.05, 0) is 19.9 Å². The van der Waals surface area contributed by atoms with Crippen molar-refractivity contribution >= 4 is 17.4 Å². The van der Waals surface area contributed by atoms with Crippen molar-refractivity contribution in [3.05, 3.63) is 17.8 Å². The monoisotopic (exact) mass is 219 g/mol. The topological polar surface area (TPSA) is 85.8 Å². The molecule has 5 heteroatoms. The van der Waals surface area contributed by atoms with E-state index in [0.29, 0.717) is 11.4 Å². The van der Waals surface area contributed by atoms with Crippen molar-refractivity contribution in [2.24, 2.45) is 5.92 Å². The van der Waals surface area contributed by atoms with Gasteiger partial charge in [0, 0.05) is 12.7 Å². The number of nitriles is 1. The molecule has 0 aromatic carbocycles. The Morgan fingerprint density at radius 1 is 1.56 bits per heavy atom. The second-order valence-corrected chi connectivity index (χ2v) is 3.50. The molecule has 5 nitrogen and oxygen atoms in total. The number of carbonyl (C=O) groups is 2. The summed E-state index contributed by atoms with van der Waals surface area (Å²) in [5.74, 6) is -0.400. The van der Waals surface area contributed by atoms with Crippen LogP contribution in [0.4, 0.5) is 5.82 Å². The van der Waals surface area contributed by atoms with E-state index in [-0.39, 0.29) is 18.1 Å². The smallest absolute Gasteiger partial charge is 0.163 e. The fourth-order valence-electron chi connectivity index (χ4n) is 1.29. The molecule has 1 rings (SSSR count). The minimum atomic E-state index is -0.692. The van der Waals surface area contributed by atoms with E-state index in [1.54, 1.807) is 12.3 Å². The molecular weight excluding hydrogens is 206 g/mol. The summed E-state index contributed by atoms with van der Waals surface area (Å²) in [5, 5.41) is 11.6. The summed E-state index contributed by atoms with van der Waals surface area (Å²) in [4.78, 5) is 25.0. The lowest BCUT2D eigenvalue weighted by Gasteiger charge is -2.08. The van der Waals surface area contributed by atoms with Crippen LogP contribution >= 0.6 is 0 Å². The maximum absolute atomic E-state index is 11.2. The molecule has 0 saturated heterocycles. The van der Waals surface area contributed by atoms with E-state index in [1.165, 1.54) is 13.8 Å². The first-order valence-corrected chi connectivity index (χ1v) is 4.88. The zero-order valence-electron chi connectivity index (χ0n) is 9.20. The zero-order chi connectivity index (χ0) is 12.1. The van der Waals surface area contributed by atoms with Gasteiger partial charge < -0.3 is 10.3 Å². The van der Waals surface area contributed by atoms with Gasteiger partial charge in [0.05, 0.1) is 11.6 Å². The van der Waals surface area contributed by atoms with Gasteiger partial charge in [0.2, 0.25) is 0 Å². The predicted molar refractivity (Wildman–Crippen MR) is 59.1 cm³/mol. The van der Waals surface area contributed by atoms with Crippen LogP contribution in [-0.2, 0) is 4.79 Å². The molecule has 0 aliphatic heterocycles. The molecule has 0 saturated carbocycles. The molecule has 2 N–H and O–H groups in total. The standard InChI is InChI=1S/C11H13N3O2/c1-7(15)9(5-12)6-14-11-10(8(2)16)3-4-13-11/h3-4,9,13-14H,6H2,1-2H3. The maximum atomic E-state index is 11.2. The second kappa shape index (κ2) is 5.12. The van der Waals surface area contributed by atoms with Crippen LogP contribution in [0.2, 0.25) is 0 Å². The maximum Gasteiger partial charge on any atom is 0.163 e. The first kappa shape index (κ1) is 12.0. The third-order valence-electron chi connectivity index (χ3n) is 2.26. The van der Waals surface area contributed by atoms with Crippen molar-refractivity contribution in [3.63, 3.8) is 0 Å². The zero-order valence-corrected chi connectivity index (χ0v) is 9.20. The molecule has 1 heterocycles. The summed E-state index contributed by atoms with van der Waals surface area (Å²) < 4.78 is 0. The number of carbonyl (C=O) groups excluding carboxylic acids is 2. The van der Waals surface area contributed by atoms with Crippen molar-refractivity contribution in [1.29, 1.82) is 5.26 Å². The first-order valence-electron chi connectivity index (χ1n) is 4.88. The Labute approximate surface area is 93.5 Å². The molecular formula is C11H13N3O2. The number of nitrogens with zero attached hydrogens (tertiary/aromatic N) is 1. The highest BCUT2D eigenvalue weighted by atomic mass is 16.1. The summed E-state index contributed by atoms with van der Waals surface area (Å²) in [7, 11) is 0. The van der Waals surface area contributed by atoms with E-state index in [1.807, 2.05) is 6.07 Å². The lowest BCUT2D eigenvalue weighted by Crippen LogP contribution is -2.20. The van der Waals surface area contributed by atoms with E-state index < -0.39 is 5.92 Å². The van der Waals surface area contributed by atoms with Gasteiger partial charge in [0.15, 0.2) is 5.78 Å². The second-order valence-electron chi connectivity index (χ2n) is 3.50. The predicted octanol–water partition coefficient (Wildman–Crippen LogP) is 1.36. The number of rotatable bonds is 5. The van der Waals surface area contributed by atoms with Crippen LogP contribution in [0.25, 0.3) is 0 Å². The Morgan fingerprint density at radius 3 is 2.75 bits per heavy atom. The van der Waals surface area contributed by atoms with Gasteiger partial charge in [0.25, 0.3) is 0 Å². The van der Waals surface area contributed by atoms with Crippen LogP contribution in [0.5, 0.6) is 0 Å². The summed E-state index contributed by atoms with van der Waals surface area (Å²) in [6.07, 6.45) is 1.63. The van der Waals surface area contributed by atoms with Gasteiger partial charge in [0.1, 0.15) is 17.5 Å². The summed E-state index contributed by atoms with van der Waals surface area (Å²) in [6, 6.07) is 3.55. The van der Waals surface area contributed by atoms with Crippen LogP contribution in [0.15, 0.2) is 12.3 Å².